The fourth-order valence-corrected chi connectivity index (χ4v) is 2.26. The molecule has 1 aromatic rings. The number of rotatable bonds is 6. The minimum Gasteiger partial charge on any atom is -0.496 e. The largest absolute Gasteiger partial charge is 0.496 e. The van der Waals surface area contributed by atoms with Gasteiger partial charge in [-0.15, -0.1) is 12.4 Å². The summed E-state index contributed by atoms with van der Waals surface area (Å²) in [4.78, 5) is 12.1. The normalized spacial score (nSPS) is 16.9. The van der Waals surface area contributed by atoms with Crippen molar-refractivity contribution in [2.24, 2.45) is 0 Å². The molecular weight excluding hydrogens is 324 g/mol. The predicted molar refractivity (Wildman–Crippen MR) is 87.8 cm³/mol. The molecule has 1 heterocycles. The van der Waals surface area contributed by atoms with Crippen LogP contribution in [0, 0.1) is 0 Å². The molecule has 130 valence electrons. The molecular formula is C15H23ClN2O5. The Bertz CT molecular complexity index is 521. The van der Waals surface area contributed by atoms with Gasteiger partial charge in [0.15, 0.2) is 11.5 Å². The Labute approximate surface area is 142 Å². The van der Waals surface area contributed by atoms with Crippen LogP contribution in [-0.4, -0.2) is 53.0 Å². The third kappa shape index (κ3) is 4.89. The lowest BCUT2D eigenvalue weighted by molar-refractivity contribution is -0.134. The Kier molecular flexibility index (Phi) is 7.94. The summed E-state index contributed by atoms with van der Waals surface area (Å²) < 4.78 is 21.3. The summed E-state index contributed by atoms with van der Waals surface area (Å²) in [5, 5.41) is 5.97. The number of nitrogens with one attached hydrogen (secondary N) is 2. The fourth-order valence-electron chi connectivity index (χ4n) is 2.26. The molecule has 2 rings (SSSR count). The van der Waals surface area contributed by atoms with Crippen molar-refractivity contribution in [3.8, 4) is 17.2 Å². The van der Waals surface area contributed by atoms with Crippen molar-refractivity contribution in [1.29, 1.82) is 0 Å². The second-order valence-corrected chi connectivity index (χ2v) is 4.80. The second kappa shape index (κ2) is 9.44. The van der Waals surface area contributed by atoms with Crippen molar-refractivity contribution in [1.82, 2.24) is 10.6 Å². The van der Waals surface area contributed by atoms with E-state index < -0.39 is 6.10 Å². The highest BCUT2D eigenvalue weighted by Crippen LogP contribution is 2.34. The van der Waals surface area contributed by atoms with Gasteiger partial charge in [-0.05, 0) is 6.07 Å². The number of amides is 1. The standard InChI is InChI=1S/C15H22N2O5.ClH/c1-19-11-7-13(21-3)12(20-2)6-10(11)8-17-15(18)14-9-16-4-5-22-14;/h6-7,14,16H,4-5,8-9H2,1-3H3,(H,17,18);1H. The highest BCUT2D eigenvalue weighted by atomic mass is 35.5. The summed E-state index contributed by atoms with van der Waals surface area (Å²) in [6.07, 6.45) is -0.458. The molecule has 1 aliphatic rings. The van der Waals surface area contributed by atoms with E-state index in [0.717, 1.165) is 12.1 Å². The number of halogens is 1. The highest BCUT2D eigenvalue weighted by Gasteiger charge is 2.22. The lowest BCUT2D eigenvalue weighted by Gasteiger charge is -2.23. The number of carbonyl (C=O) groups is 1. The minimum atomic E-state index is -0.458. The molecule has 7 nitrogen and oxygen atoms in total. The van der Waals surface area contributed by atoms with Gasteiger partial charge < -0.3 is 29.6 Å². The van der Waals surface area contributed by atoms with Crippen molar-refractivity contribution < 1.29 is 23.7 Å². The van der Waals surface area contributed by atoms with Gasteiger partial charge >= 0.3 is 0 Å². The summed E-state index contributed by atoms with van der Waals surface area (Å²) >= 11 is 0. The molecule has 2 N–H and O–H groups in total. The van der Waals surface area contributed by atoms with Gasteiger partial charge in [0.05, 0.1) is 27.9 Å². The van der Waals surface area contributed by atoms with Gasteiger partial charge in [-0.1, -0.05) is 0 Å². The van der Waals surface area contributed by atoms with Crippen LogP contribution >= 0.6 is 12.4 Å². The van der Waals surface area contributed by atoms with Gasteiger partial charge in [-0.3, -0.25) is 4.79 Å². The van der Waals surface area contributed by atoms with Gasteiger partial charge in [0.1, 0.15) is 11.9 Å². The zero-order chi connectivity index (χ0) is 15.9. The first-order chi connectivity index (χ1) is 10.7. The molecule has 0 spiro atoms. The van der Waals surface area contributed by atoms with E-state index in [4.69, 9.17) is 18.9 Å². The van der Waals surface area contributed by atoms with E-state index in [2.05, 4.69) is 10.6 Å². The first-order valence-corrected chi connectivity index (χ1v) is 7.08. The minimum absolute atomic E-state index is 0. The van der Waals surface area contributed by atoms with Crippen LogP contribution in [0.4, 0.5) is 0 Å². The summed E-state index contributed by atoms with van der Waals surface area (Å²) in [6, 6.07) is 3.52. The second-order valence-electron chi connectivity index (χ2n) is 4.80. The third-order valence-corrected chi connectivity index (χ3v) is 3.46. The Morgan fingerprint density at radius 2 is 1.87 bits per heavy atom. The Hall–Kier alpha value is -1.70. The molecule has 23 heavy (non-hydrogen) atoms. The van der Waals surface area contributed by atoms with Crippen molar-refractivity contribution in [2.45, 2.75) is 12.6 Å². The quantitative estimate of drug-likeness (QED) is 0.791. The summed E-state index contributed by atoms with van der Waals surface area (Å²) in [5.41, 5.74) is 0.803. The first kappa shape index (κ1) is 19.3. The van der Waals surface area contributed by atoms with E-state index in [9.17, 15) is 4.79 Å². The van der Waals surface area contributed by atoms with E-state index >= 15 is 0 Å². The van der Waals surface area contributed by atoms with Crippen LogP contribution in [-0.2, 0) is 16.1 Å². The van der Waals surface area contributed by atoms with E-state index in [1.165, 1.54) is 0 Å². The number of hydrogen-bond donors (Lipinski definition) is 2. The maximum Gasteiger partial charge on any atom is 0.250 e. The molecule has 1 aliphatic heterocycles. The maximum atomic E-state index is 12.1. The molecule has 1 unspecified atom stereocenters. The number of carbonyl (C=O) groups excluding carboxylic acids is 1. The van der Waals surface area contributed by atoms with E-state index in [-0.39, 0.29) is 18.3 Å². The van der Waals surface area contributed by atoms with Crippen LogP contribution in [0.15, 0.2) is 12.1 Å². The number of benzene rings is 1. The van der Waals surface area contributed by atoms with E-state index in [0.29, 0.717) is 36.9 Å². The Morgan fingerprint density at radius 1 is 1.22 bits per heavy atom. The lowest BCUT2D eigenvalue weighted by Crippen LogP contribution is -2.47. The number of methoxy groups -OCH3 is 3. The van der Waals surface area contributed by atoms with Crippen LogP contribution in [0.1, 0.15) is 5.56 Å². The SMILES string of the molecule is COc1cc(OC)c(OC)cc1CNC(=O)C1CNCCO1.Cl. The van der Waals surface area contributed by atoms with Crippen LogP contribution in [0.3, 0.4) is 0 Å². The van der Waals surface area contributed by atoms with Crippen LogP contribution < -0.4 is 24.8 Å². The first-order valence-electron chi connectivity index (χ1n) is 7.08. The molecule has 0 saturated carbocycles. The zero-order valence-electron chi connectivity index (χ0n) is 13.5. The van der Waals surface area contributed by atoms with Crippen molar-refractivity contribution in [2.75, 3.05) is 41.0 Å². The molecule has 1 saturated heterocycles. The topological polar surface area (TPSA) is 78.0 Å². The van der Waals surface area contributed by atoms with Crippen LogP contribution in [0.25, 0.3) is 0 Å². The highest BCUT2D eigenvalue weighted by molar-refractivity contribution is 5.85. The van der Waals surface area contributed by atoms with Crippen LogP contribution in [0.5, 0.6) is 17.2 Å². The lowest BCUT2D eigenvalue weighted by atomic mass is 10.1. The smallest absolute Gasteiger partial charge is 0.250 e. The average Bonchev–Trinajstić information content (AvgIpc) is 2.59. The number of hydrogen-bond acceptors (Lipinski definition) is 6. The number of ether oxygens (including phenoxy) is 4. The van der Waals surface area contributed by atoms with Gasteiger partial charge in [0.25, 0.3) is 5.91 Å². The molecule has 1 aromatic carbocycles. The molecule has 8 heteroatoms. The van der Waals surface area contributed by atoms with Crippen molar-refractivity contribution in [3.63, 3.8) is 0 Å². The predicted octanol–water partition coefficient (Wildman–Crippen LogP) is 0.739. The fraction of sp³-hybridized carbons (Fsp3) is 0.533. The Balaban J connectivity index is 0.00000264. The summed E-state index contributed by atoms with van der Waals surface area (Å²) in [6.45, 7) is 2.15. The molecule has 1 amide bonds. The van der Waals surface area contributed by atoms with Gasteiger partial charge in [-0.25, -0.2) is 0 Å². The molecule has 0 aliphatic carbocycles. The number of morpholine rings is 1. The van der Waals surface area contributed by atoms with Gasteiger partial charge in [-0.2, -0.15) is 0 Å². The Morgan fingerprint density at radius 3 is 2.43 bits per heavy atom. The molecule has 0 bridgehead atoms. The van der Waals surface area contributed by atoms with E-state index in [1.54, 1.807) is 33.5 Å². The zero-order valence-corrected chi connectivity index (χ0v) is 14.3. The summed E-state index contributed by atoms with van der Waals surface area (Å²) in [7, 11) is 4.70. The monoisotopic (exact) mass is 346 g/mol. The third-order valence-electron chi connectivity index (χ3n) is 3.46. The average molecular weight is 347 g/mol. The van der Waals surface area contributed by atoms with Crippen molar-refractivity contribution in [3.05, 3.63) is 17.7 Å². The van der Waals surface area contributed by atoms with Crippen molar-refractivity contribution >= 4 is 18.3 Å². The van der Waals surface area contributed by atoms with Gasteiger partial charge in [0.2, 0.25) is 0 Å². The summed E-state index contributed by atoms with van der Waals surface area (Å²) in [5.74, 6) is 1.64. The molecule has 0 radical (unpaired) electrons. The van der Waals surface area contributed by atoms with Crippen LogP contribution in [0.2, 0.25) is 0 Å². The van der Waals surface area contributed by atoms with E-state index in [1.807, 2.05) is 0 Å². The maximum absolute atomic E-state index is 12.1. The molecule has 1 fully saturated rings. The molecule has 1 atom stereocenters. The van der Waals surface area contributed by atoms with Gasteiger partial charge in [0, 0.05) is 31.3 Å². The molecule has 0 aromatic heterocycles.